The Morgan fingerprint density at radius 3 is 2.55 bits per heavy atom. The molecule has 1 aliphatic rings. The van der Waals surface area contributed by atoms with Crippen molar-refractivity contribution in [1.82, 2.24) is 4.90 Å². The number of halogens is 1. The number of hydrogen-bond acceptors (Lipinski definition) is 4. The predicted molar refractivity (Wildman–Crippen MR) is 85.3 cm³/mol. The Hall–Kier alpha value is -0.430. The predicted octanol–water partition coefficient (Wildman–Crippen LogP) is 1.79. The molecule has 1 heterocycles. The van der Waals surface area contributed by atoms with Gasteiger partial charge in [-0.2, -0.15) is 0 Å². The van der Waals surface area contributed by atoms with Crippen LogP contribution in [0.4, 0.5) is 0 Å². The Morgan fingerprint density at radius 2 is 2.00 bits per heavy atom. The van der Waals surface area contributed by atoms with Crippen molar-refractivity contribution >= 4 is 25.8 Å². The summed E-state index contributed by atoms with van der Waals surface area (Å²) in [5.74, 6) is 0.486. The highest BCUT2D eigenvalue weighted by atomic mass is 79.9. The third-order valence-electron chi connectivity index (χ3n) is 4.26. The fourth-order valence-electron chi connectivity index (χ4n) is 2.74. The van der Waals surface area contributed by atoms with Gasteiger partial charge in [-0.25, -0.2) is 8.42 Å². The van der Waals surface area contributed by atoms with E-state index in [4.69, 9.17) is 5.73 Å². The smallest absolute Gasteiger partial charge is 0.150 e. The molecule has 0 unspecified atom stereocenters. The standard InChI is InChI=1S/C14H21BrN2O2S/c1-17(10-12-3-2-4-13(15)9-12)14(11-16)5-7-20(18,19)8-6-14/h2-4,9H,5-8,10-11,16H2,1H3. The summed E-state index contributed by atoms with van der Waals surface area (Å²) >= 11 is 3.47. The zero-order chi connectivity index (χ0) is 14.8. The molecule has 20 heavy (non-hydrogen) atoms. The normalized spacial score (nSPS) is 21.0. The molecule has 112 valence electrons. The average Bonchev–Trinajstić information content (AvgIpc) is 2.39. The Kier molecular flexibility index (Phi) is 4.89. The van der Waals surface area contributed by atoms with E-state index in [-0.39, 0.29) is 17.0 Å². The first-order valence-electron chi connectivity index (χ1n) is 6.73. The van der Waals surface area contributed by atoms with Crippen LogP contribution in [0.1, 0.15) is 18.4 Å². The molecule has 0 bridgehead atoms. The van der Waals surface area contributed by atoms with Gasteiger partial charge in [-0.3, -0.25) is 4.90 Å². The lowest BCUT2D eigenvalue weighted by Crippen LogP contribution is -2.55. The minimum Gasteiger partial charge on any atom is -0.329 e. The van der Waals surface area contributed by atoms with Crippen molar-refractivity contribution < 1.29 is 8.42 Å². The quantitative estimate of drug-likeness (QED) is 0.888. The Morgan fingerprint density at radius 1 is 1.35 bits per heavy atom. The van der Waals surface area contributed by atoms with E-state index >= 15 is 0 Å². The van der Waals surface area contributed by atoms with Crippen molar-refractivity contribution in [3.8, 4) is 0 Å². The molecule has 0 amide bonds. The lowest BCUT2D eigenvalue weighted by molar-refractivity contribution is 0.105. The number of hydrogen-bond donors (Lipinski definition) is 1. The number of nitrogens with two attached hydrogens (primary N) is 1. The van der Waals surface area contributed by atoms with E-state index in [1.165, 1.54) is 5.56 Å². The fourth-order valence-corrected chi connectivity index (χ4v) is 4.77. The van der Waals surface area contributed by atoms with Gasteiger partial charge in [0.15, 0.2) is 0 Å². The van der Waals surface area contributed by atoms with Gasteiger partial charge in [-0.1, -0.05) is 28.1 Å². The third kappa shape index (κ3) is 3.61. The van der Waals surface area contributed by atoms with Gasteiger partial charge in [0.25, 0.3) is 0 Å². The largest absolute Gasteiger partial charge is 0.329 e. The summed E-state index contributed by atoms with van der Waals surface area (Å²) in [4.78, 5) is 2.21. The highest BCUT2D eigenvalue weighted by Crippen LogP contribution is 2.29. The molecule has 2 N–H and O–H groups in total. The molecule has 6 heteroatoms. The van der Waals surface area contributed by atoms with Gasteiger partial charge >= 0.3 is 0 Å². The van der Waals surface area contributed by atoms with Crippen LogP contribution < -0.4 is 5.73 Å². The van der Waals surface area contributed by atoms with Crippen LogP contribution in [0.2, 0.25) is 0 Å². The molecule has 4 nitrogen and oxygen atoms in total. The SMILES string of the molecule is CN(Cc1cccc(Br)c1)C1(CN)CCS(=O)(=O)CC1. The number of benzene rings is 1. The molecule has 1 aromatic carbocycles. The number of sulfone groups is 1. The molecule has 0 radical (unpaired) electrons. The Bertz CT molecular complexity index is 560. The molecule has 1 fully saturated rings. The van der Waals surface area contributed by atoms with Gasteiger partial charge in [0.2, 0.25) is 0 Å². The molecule has 0 atom stereocenters. The van der Waals surface area contributed by atoms with Crippen molar-refractivity contribution in [3.63, 3.8) is 0 Å². The zero-order valence-electron chi connectivity index (χ0n) is 11.7. The first kappa shape index (κ1) is 15.9. The fraction of sp³-hybridized carbons (Fsp3) is 0.571. The topological polar surface area (TPSA) is 63.4 Å². The van der Waals surface area contributed by atoms with Crippen LogP contribution in [0, 0.1) is 0 Å². The van der Waals surface area contributed by atoms with E-state index in [2.05, 4.69) is 33.0 Å². The van der Waals surface area contributed by atoms with E-state index < -0.39 is 9.84 Å². The van der Waals surface area contributed by atoms with Crippen molar-refractivity contribution in [2.24, 2.45) is 5.73 Å². The maximum atomic E-state index is 11.6. The van der Waals surface area contributed by atoms with E-state index in [1.807, 2.05) is 19.2 Å². The lowest BCUT2D eigenvalue weighted by atomic mass is 9.90. The van der Waals surface area contributed by atoms with Crippen LogP contribution in [0.25, 0.3) is 0 Å². The highest BCUT2D eigenvalue weighted by Gasteiger charge is 2.39. The number of likely N-dealkylation sites (N-methyl/N-ethyl adjacent to an activating group) is 1. The minimum absolute atomic E-state index is 0.201. The second kappa shape index (κ2) is 6.13. The first-order chi connectivity index (χ1) is 9.37. The van der Waals surface area contributed by atoms with Crippen molar-refractivity contribution in [2.45, 2.75) is 24.9 Å². The van der Waals surface area contributed by atoms with Crippen LogP contribution in [0.3, 0.4) is 0 Å². The third-order valence-corrected chi connectivity index (χ3v) is 6.40. The van der Waals surface area contributed by atoms with Crippen LogP contribution in [-0.4, -0.2) is 44.0 Å². The summed E-state index contributed by atoms with van der Waals surface area (Å²) < 4.78 is 24.3. The van der Waals surface area contributed by atoms with Crippen molar-refractivity contribution in [1.29, 1.82) is 0 Å². The summed E-state index contributed by atoms with van der Waals surface area (Å²) in [5, 5.41) is 0. The second-order valence-electron chi connectivity index (χ2n) is 5.57. The summed E-state index contributed by atoms with van der Waals surface area (Å²) in [6.07, 6.45) is 1.24. The maximum Gasteiger partial charge on any atom is 0.150 e. The Balaban J connectivity index is 2.12. The van der Waals surface area contributed by atoms with E-state index in [0.717, 1.165) is 11.0 Å². The molecule has 0 aromatic heterocycles. The average molecular weight is 361 g/mol. The molecule has 1 aromatic rings. The molecule has 2 rings (SSSR count). The van der Waals surface area contributed by atoms with Gasteiger partial charge in [0.05, 0.1) is 11.5 Å². The number of nitrogens with zero attached hydrogens (tertiary/aromatic N) is 1. The van der Waals surface area contributed by atoms with Crippen molar-refractivity contribution in [2.75, 3.05) is 25.1 Å². The van der Waals surface area contributed by atoms with Gasteiger partial charge in [-0.15, -0.1) is 0 Å². The lowest BCUT2D eigenvalue weighted by Gasteiger charge is -2.43. The van der Waals surface area contributed by atoms with Gasteiger partial charge in [-0.05, 0) is 37.6 Å². The van der Waals surface area contributed by atoms with Crippen LogP contribution in [0.15, 0.2) is 28.7 Å². The van der Waals surface area contributed by atoms with Crippen LogP contribution in [0.5, 0.6) is 0 Å². The van der Waals surface area contributed by atoms with E-state index in [0.29, 0.717) is 19.4 Å². The summed E-state index contributed by atoms with van der Waals surface area (Å²) in [6, 6.07) is 8.16. The van der Waals surface area contributed by atoms with Crippen molar-refractivity contribution in [3.05, 3.63) is 34.3 Å². The second-order valence-corrected chi connectivity index (χ2v) is 8.79. The first-order valence-corrected chi connectivity index (χ1v) is 9.34. The Labute approximate surface area is 129 Å². The highest BCUT2D eigenvalue weighted by molar-refractivity contribution is 9.10. The minimum atomic E-state index is -2.87. The monoisotopic (exact) mass is 360 g/mol. The van der Waals surface area contributed by atoms with Gasteiger partial charge in [0.1, 0.15) is 9.84 Å². The van der Waals surface area contributed by atoms with Gasteiger partial charge < -0.3 is 5.73 Å². The molecule has 0 saturated carbocycles. The molecular weight excluding hydrogens is 340 g/mol. The maximum absolute atomic E-state index is 11.6. The van der Waals surface area contributed by atoms with Crippen LogP contribution in [-0.2, 0) is 16.4 Å². The van der Waals surface area contributed by atoms with Crippen LogP contribution >= 0.6 is 15.9 Å². The molecule has 0 spiro atoms. The molecule has 0 aliphatic carbocycles. The summed E-state index contributed by atoms with van der Waals surface area (Å²) in [5.41, 5.74) is 6.96. The molecule has 1 saturated heterocycles. The molecule has 1 aliphatic heterocycles. The van der Waals surface area contributed by atoms with E-state index in [1.54, 1.807) is 0 Å². The summed E-state index contributed by atoms with van der Waals surface area (Å²) in [6.45, 7) is 1.27. The van der Waals surface area contributed by atoms with E-state index in [9.17, 15) is 8.42 Å². The number of rotatable bonds is 4. The van der Waals surface area contributed by atoms with Gasteiger partial charge in [0, 0.05) is 23.1 Å². The summed E-state index contributed by atoms with van der Waals surface area (Å²) in [7, 11) is -0.833. The molecular formula is C14H21BrN2O2S. The zero-order valence-corrected chi connectivity index (χ0v) is 14.1.